The predicted octanol–water partition coefficient (Wildman–Crippen LogP) is 4.32. The summed E-state index contributed by atoms with van der Waals surface area (Å²) in [5, 5.41) is 5.93. The molecular weight excluding hydrogens is 340 g/mol. The van der Waals surface area contributed by atoms with E-state index >= 15 is 0 Å². The lowest BCUT2D eigenvalue weighted by molar-refractivity contribution is 1.70. The highest BCUT2D eigenvalue weighted by molar-refractivity contribution is 7.22. The van der Waals surface area contributed by atoms with Crippen LogP contribution in [-0.2, 0) is 0 Å². The van der Waals surface area contributed by atoms with Crippen molar-refractivity contribution in [3.05, 3.63) is 109 Å². The second kappa shape index (κ2) is 7.38. The summed E-state index contributed by atoms with van der Waals surface area (Å²) >= 11 is 0. The molecule has 27 heavy (non-hydrogen) atoms. The smallest absolute Gasteiger partial charge is 0.0776 e. The van der Waals surface area contributed by atoms with Crippen LogP contribution < -0.4 is 20.7 Å². The van der Waals surface area contributed by atoms with E-state index in [1.54, 1.807) is 0 Å². The fourth-order valence-corrected chi connectivity index (χ4v) is 9.59. The van der Waals surface area contributed by atoms with Crippen molar-refractivity contribution in [3.8, 4) is 11.1 Å². The first-order valence-electron chi connectivity index (χ1n) is 8.73. The Morgan fingerprint density at radius 3 is 1.11 bits per heavy atom. The topological polar surface area (TPSA) is 0 Å². The zero-order valence-electron chi connectivity index (χ0n) is 13.9. The van der Waals surface area contributed by atoms with Crippen molar-refractivity contribution in [2.45, 2.75) is 14.9 Å². The molecule has 0 nitrogen and oxygen atoms in total. The van der Waals surface area contributed by atoms with E-state index in [0.29, 0.717) is 0 Å². The van der Waals surface area contributed by atoms with Gasteiger partial charge in [-0.05, 0) is 31.9 Å². The van der Waals surface area contributed by atoms with Crippen LogP contribution in [0, 0.1) is 0 Å². The highest BCUT2D eigenvalue weighted by atomic mass is 28.3. The van der Waals surface area contributed by atoms with Crippen LogP contribution in [0.1, 0.15) is 14.9 Å². The number of rotatable bonds is 2. The first kappa shape index (κ1) is 18.9. The molecule has 134 valence electrons. The summed E-state index contributed by atoms with van der Waals surface area (Å²) in [6.07, 6.45) is 0. The largest absolute Gasteiger partial charge is 0.180 e. The highest BCUT2D eigenvalue weighted by Gasteiger charge is 2.48. The Balaban J connectivity index is 0.00000105. The Morgan fingerprint density at radius 1 is 0.370 bits per heavy atom. The normalized spacial score (nSPS) is 12.9. The van der Waals surface area contributed by atoms with Crippen LogP contribution >= 0.6 is 0 Å². The molecule has 0 fully saturated rings. The van der Waals surface area contributed by atoms with Crippen LogP contribution in [-0.4, -0.2) is 8.07 Å². The molecule has 0 radical (unpaired) electrons. The van der Waals surface area contributed by atoms with E-state index in [1.165, 1.54) is 31.9 Å². The lowest BCUT2D eigenvalue weighted by Crippen LogP contribution is -2.72. The van der Waals surface area contributed by atoms with Gasteiger partial charge in [-0.15, -0.1) is 0 Å². The summed E-state index contributed by atoms with van der Waals surface area (Å²) in [6.45, 7) is 0. The Bertz CT molecular complexity index is 949. The third kappa shape index (κ3) is 2.58. The molecule has 1 aliphatic rings. The second-order valence-electron chi connectivity index (χ2n) is 6.57. The molecule has 0 saturated heterocycles. The Labute approximate surface area is 164 Å². The van der Waals surface area contributed by atoms with Gasteiger partial charge in [0, 0.05) is 0 Å². The minimum atomic E-state index is -2.23. The fourth-order valence-electron chi connectivity index (χ4n) is 4.40. The summed E-state index contributed by atoms with van der Waals surface area (Å²) in [6, 6.07) is 40.2. The number of fused-ring (bicyclic) bond motifs is 3. The molecule has 0 N–H and O–H groups in total. The standard InChI is InChI=1S/C24H18Si.2CH4/c1-3-11-19(12-4-1)25(20-13-5-2-6-14-20)23-17-9-7-15-21(23)22-16-8-10-18-24(22)25;;/h1-18H;2*1H4. The molecule has 0 bridgehead atoms. The number of hydrogen-bond donors (Lipinski definition) is 0. The van der Waals surface area contributed by atoms with E-state index in [1.807, 2.05) is 0 Å². The monoisotopic (exact) mass is 366 g/mol. The summed E-state index contributed by atoms with van der Waals surface area (Å²) in [7, 11) is -2.23. The van der Waals surface area contributed by atoms with Crippen LogP contribution in [0.15, 0.2) is 109 Å². The Morgan fingerprint density at radius 2 is 0.704 bits per heavy atom. The summed E-state index contributed by atoms with van der Waals surface area (Å²) in [5.74, 6) is 0. The molecule has 4 aromatic rings. The molecule has 1 aliphatic heterocycles. The second-order valence-corrected chi connectivity index (χ2v) is 10.3. The quantitative estimate of drug-likeness (QED) is 0.408. The maximum atomic E-state index is 2.35. The van der Waals surface area contributed by atoms with Gasteiger partial charge in [0.15, 0.2) is 8.07 Å². The molecule has 0 amide bonds. The predicted molar refractivity (Wildman–Crippen MR) is 123 cm³/mol. The molecule has 0 atom stereocenters. The SMILES string of the molecule is C.C.c1ccc([Si]2(c3ccccc3)c3ccccc3-c3ccccc32)cc1. The average Bonchev–Trinajstić information content (AvgIpc) is 3.01. The van der Waals surface area contributed by atoms with Gasteiger partial charge in [0.05, 0.1) is 0 Å². The molecule has 0 aliphatic carbocycles. The molecule has 4 aromatic carbocycles. The van der Waals surface area contributed by atoms with Crippen molar-refractivity contribution in [1.82, 2.24) is 0 Å². The van der Waals surface area contributed by atoms with Crippen molar-refractivity contribution in [1.29, 1.82) is 0 Å². The van der Waals surface area contributed by atoms with Crippen LogP contribution in [0.5, 0.6) is 0 Å². The van der Waals surface area contributed by atoms with Gasteiger partial charge in [-0.25, -0.2) is 0 Å². The number of hydrogen-bond acceptors (Lipinski definition) is 0. The highest BCUT2D eigenvalue weighted by Crippen LogP contribution is 2.27. The molecular formula is C26H26Si. The van der Waals surface area contributed by atoms with Crippen LogP contribution in [0.3, 0.4) is 0 Å². The fraction of sp³-hybridized carbons (Fsp3) is 0.0769. The van der Waals surface area contributed by atoms with E-state index in [2.05, 4.69) is 109 Å². The van der Waals surface area contributed by atoms with E-state index in [-0.39, 0.29) is 14.9 Å². The lowest BCUT2D eigenvalue weighted by Gasteiger charge is -2.31. The molecule has 1 heterocycles. The third-order valence-corrected chi connectivity index (χ3v) is 10.3. The van der Waals surface area contributed by atoms with Crippen LogP contribution in [0.25, 0.3) is 11.1 Å². The number of benzene rings is 4. The summed E-state index contributed by atoms with van der Waals surface area (Å²) < 4.78 is 0. The molecule has 0 saturated carbocycles. The van der Waals surface area contributed by atoms with Gasteiger partial charge in [-0.2, -0.15) is 0 Å². The summed E-state index contributed by atoms with van der Waals surface area (Å²) in [5.41, 5.74) is 2.80. The minimum absolute atomic E-state index is 0. The van der Waals surface area contributed by atoms with Crippen LogP contribution in [0.2, 0.25) is 0 Å². The van der Waals surface area contributed by atoms with E-state index in [4.69, 9.17) is 0 Å². The summed E-state index contributed by atoms with van der Waals surface area (Å²) in [4.78, 5) is 0. The van der Waals surface area contributed by atoms with Crippen molar-refractivity contribution < 1.29 is 0 Å². The van der Waals surface area contributed by atoms with Gasteiger partial charge >= 0.3 is 0 Å². The molecule has 5 rings (SSSR count). The van der Waals surface area contributed by atoms with Crippen LogP contribution in [0.4, 0.5) is 0 Å². The lowest BCUT2D eigenvalue weighted by atomic mass is 10.1. The zero-order chi connectivity index (χ0) is 16.7. The molecule has 0 spiro atoms. The minimum Gasteiger partial charge on any atom is -0.0776 e. The third-order valence-electron chi connectivity index (χ3n) is 5.37. The molecule has 1 heteroatoms. The molecule has 0 aromatic heterocycles. The van der Waals surface area contributed by atoms with E-state index in [0.717, 1.165) is 0 Å². The van der Waals surface area contributed by atoms with Gasteiger partial charge in [-0.1, -0.05) is 124 Å². The maximum absolute atomic E-state index is 2.35. The van der Waals surface area contributed by atoms with Crippen molar-refractivity contribution >= 4 is 28.8 Å². The zero-order valence-corrected chi connectivity index (χ0v) is 14.9. The maximum Gasteiger partial charge on any atom is 0.180 e. The van der Waals surface area contributed by atoms with Gasteiger partial charge < -0.3 is 0 Å². The van der Waals surface area contributed by atoms with Gasteiger partial charge in [0.25, 0.3) is 0 Å². The van der Waals surface area contributed by atoms with Gasteiger partial charge in [0.2, 0.25) is 0 Å². The average molecular weight is 367 g/mol. The first-order valence-corrected chi connectivity index (χ1v) is 10.7. The van der Waals surface area contributed by atoms with Gasteiger partial charge in [-0.3, -0.25) is 0 Å². The van der Waals surface area contributed by atoms with E-state index in [9.17, 15) is 0 Å². The van der Waals surface area contributed by atoms with Crippen molar-refractivity contribution in [2.24, 2.45) is 0 Å². The molecule has 0 unspecified atom stereocenters. The Hall–Kier alpha value is -2.90. The van der Waals surface area contributed by atoms with Crippen molar-refractivity contribution in [2.75, 3.05) is 0 Å². The van der Waals surface area contributed by atoms with E-state index < -0.39 is 8.07 Å². The van der Waals surface area contributed by atoms with Gasteiger partial charge in [0.1, 0.15) is 0 Å². The Kier molecular flexibility index (Phi) is 5.16. The first-order chi connectivity index (χ1) is 12.4. The van der Waals surface area contributed by atoms with Crippen molar-refractivity contribution in [3.63, 3.8) is 0 Å².